The number of nitrogens with zero attached hydrogens (tertiary/aromatic N) is 1. The Bertz CT molecular complexity index is 1510. The zero-order chi connectivity index (χ0) is 26.0. The van der Waals surface area contributed by atoms with Crippen molar-refractivity contribution < 1.29 is 14.2 Å². The number of benzene rings is 4. The van der Waals surface area contributed by atoms with Crippen molar-refractivity contribution in [1.82, 2.24) is 4.98 Å². The van der Waals surface area contributed by atoms with E-state index in [-0.39, 0.29) is 0 Å². The van der Waals surface area contributed by atoms with Crippen LogP contribution in [0.3, 0.4) is 0 Å². The minimum absolute atomic E-state index is 0.370. The molecule has 5 aromatic rings. The van der Waals surface area contributed by atoms with Crippen molar-refractivity contribution >= 4 is 0 Å². The van der Waals surface area contributed by atoms with Gasteiger partial charge in [-0.2, -0.15) is 4.98 Å². The van der Waals surface area contributed by atoms with Gasteiger partial charge in [0.2, 0.25) is 11.8 Å². The van der Waals surface area contributed by atoms with Crippen molar-refractivity contribution in [2.45, 2.75) is 19.8 Å². The van der Waals surface area contributed by atoms with Crippen LogP contribution < -0.4 is 14.2 Å². The summed E-state index contributed by atoms with van der Waals surface area (Å²) >= 11 is 0. The SMILES string of the molecule is C#Cc1cc(OCc2ccccc2)cc(-c2ccc(OCc3ccccc3)nc2OCc2ccccc2)c1. The Morgan fingerprint density at radius 1 is 0.579 bits per heavy atom. The average molecular weight is 498 g/mol. The molecule has 4 nitrogen and oxygen atoms in total. The molecule has 0 unspecified atom stereocenters. The number of pyridine rings is 1. The lowest BCUT2D eigenvalue weighted by Crippen LogP contribution is -2.03. The average Bonchev–Trinajstić information content (AvgIpc) is 2.99. The van der Waals surface area contributed by atoms with Crippen LogP contribution in [-0.2, 0) is 19.8 Å². The molecule has 0 amide bonds. The van der Waals surface area contributed by atoms with Gasteiger partial charge < -0.3 is 14.2 Å². The first-order valence-corrected chi connectivity index (χ1v) is 12.4. The van der Waals surface area contributed by atoms with E-state index in [1.807, 2.05) is 121 Å². The molecule has 0 aliphatic heterocycles. The van der Waals surface area contributed by atoms with Crippen LogP contribution in [0.1, 0.15) is 22.3 Å². The van der Waals surface area contributed by atoms with Crippen LogP contribution in [0.25, 0.3) is 11.1 Å². The minimum Gasteiger partial charge on any atom is -0.489 e. The molecule has 0 saturated heterocycles. The van der Waals surface area contributed by atoms with Crippen molar-refractivity contribution in [3.05, 3.63) is 144 Å². The summed E-state index contributed by atoms with van der Waals surface area (Å²) < 4.78 is 18.3. The number of hydrogen-bond acceptors (Lipinski definition) is 4. The molecule has 186 valence electrons. The lowest BCUT2D eigenvalue weighted by atomic mass is 10.0. The van der Waals surface area contributed by atoms with E-state index >= 15 is 0 Å². The molecule has 5 rings (SSSR count). The van der Waals surface area contributed by atoms with Gasteiger partial charge in [0.1, 0.15) is 25.6 Å². The summed E-state index contributed by atoms with van der Waals surface area (Å²) in [5.74, 6) is 4.36. The lowest BCUT2D eigenvalue weighted by molar-refractivity contribution is 0.268. The molecule has 38 heavy (non-hydrogen) atoms. The summed E-state index contributed by atoms with van der Waals surface area (Å²) in [7, 11) is 0. The predicted molar refractivity (Wildman–Crippen MR) is 150 cm³/mol. The molecule has 1 aromatic heterocycles. The summed E-state index contributed by atoms with van der Waals surface area (Å²) in [6.45, 7) is 1.22. The standard InChI is InChI=1S/C34H27NO3/c1-2-26-20-30(22-31(21-26)36-23-27-12-6-3-7-13-27)32-18-19-33(37-24-28-14-8-4-9-15-28)35-34(32)38-25-29-16-10-5-11-17-29/h1,3-22H,23-25H2. The second-order valence-corrected chi connectivity index (χ2v) is 8.72. The van der Waals surface area contributed by atoms with Gasteiger partial charge in [-0.3, -0.25) is 0 Å². The minimum atomic E-state index is 0.370. The highest BCUT2D eigenvalue weighted by Crippen LogP contribution is 2.34. The van der Waals surface area contributed by atoms with E-state index in [1.165, 1.54) is 0 Å². The number of hydrogen-bond donors (Lipinski definition) is 0. The number of ether oxygens (including phenoxy) is 3. The molecule has 0 bridgehead atoms. The normalized spacial score (nSPS) is 10.4. The van der Waals surface area contributed by atoms with Gasteiger partial charge in [0, 0.05) is 17.2 Å². The summed E-state index contributed by atoms with van der Waals surface area (Å²) in [6, 6.07) is 39.5. The Labute approximate surface area is 223 Å². The third-order valence-corrected chi connectivity index (χ3v) is 5.92. The molecule has 0 saturated carbocycles. The largest absolute Gasteiger partial charge is 0.489 e. The monoisotopic (exact) mass is 497 g/mol. The van der Waals surface area contributed by atoms with Crippen LogP contribution in [-0.4, -0.2) is 4.98 Å². The Balaban J connectivity index is 1.44. The van der Waals surface area contributed by atoms with Crippen LogP contribution >= 0.6 is 0 Å². The topological polar surface area (TPSA) is 40.6 Å². The quantitative estimate of drug-likeness (QED) is 0.188. The second-order valence-electron chi connectivity index (χ2n) is 8.72. The Morgan fingerprint density at radius 3 is 1.71 bits per heavy atom. The zero-order valence-electron chi connectivity index (χ0n) is 20.9. The molecule has 0 radical (unpaired) electrons. The lowest BCUT2D eigenvalue weighted by Gasteiger charge is -2.15. The second kappa shape index (κ2) is 12.3. The van der Waals surface area contributed by atoms with Crippen molar-refractivity contribution in [3.63, 3.8) is 0 Å². The maximum absolute atomic E-state index is 6.23. The number of terminal acetylenes is 1. The van der Waals surface area contributed by atoms with E-state index in [0.29, 0.717) is 42.9 Å². The van der Waals surface area contributed by atoms with Crippen molar-refractivity contribution in [2.75, 3.05) is 0 Å². The molecule has 1 heterocycles. The fraction of sp³-hybridized carbons (Fsp3) is 0.0882. The van der Waals surface area contributed by atoms with Gasteiger partial charge in [0.05, 0.1) is 0 Å². The van der Waals surface area contributed by atoms with Gasteiger partial charge in [0.15, 0.2) is 0 Å². The van der Waals surface area contributed by atoms with Gasteiger partial charge in [-0.1, -0.05) is 96.9 Å². The van der Waals surface area contributed by atoms with E-state index in [4.69, 9.17) is 25.6 Å². The van der Waals surface area contributed by atoms with E-state index in [1.54, 1.807) is 0 Å². The van der Waals surface area contributed by atoms with E-state index in [2.05, 4.69) is 5.92 Å². The fourth-order valence-electron chi connectivity index (χ4n) is 3.95. The van der Waals surface area contributed by atoms with Gasteiger partial charge >= 0.3 is 0 Å². The molecule has 4 heteroatoms. The molecule has 0 fully saturated rings. The van der Waals surface area contributed by atoms with Crippen molar-refractivity contribution in [2.24, 2.45) is 0 Å². The first kappa shape index (κ1) is 24.7. The summed E-state index contributed by atoms with van der Waals surface area (Å²) in [4.78, 5) is 4.72. The van der Waals surface area contributed by atoms with Crippen molar-refractivity contribution in [3.8, 4) is 41.0 Å². The van der Waals surface area contributed by atoms with Crippen LogP contribution in [0.2, 0.25) is 0 Å². The zero-order valence-corrected chi connectivity index (χ0v) is 20.9. The Kier molecular flexibility index (Phi) is 7.98. The number of aromatic nitrogens is 1. The van der Waals surface area contributed by atoms with Crippen molar-refractivity contribution in [1.29, 1.82) is 0 Å². The highest BCUT2D eigenvalue weighted by Gasteiger charge is 2.14. The smallest absolute Gasteiger partial charge is 0.225 e. The Hall–Kier alpha value is -5.01. The maximum Gasteiger partial charge on any atom is 0.225 e. The third-order valence-electron chi connectivity index (χ3n) is 5.92. The first-order valence-electron chi connectivity index (χ1n) is 12.4. The van der Waals surface area contributed by atoms with Crippen LogP contribution in [0, 0.1) is 12.3 Å². The van der Waals surface area contributed by atoms with Gasteiger partial charge in [-0.05, 0) is 46.5 Å². The summed E-state index contributed by atoms with van der Waals surface area (Å²) in [5, 5.41) is 0. The van der Waals surface area contributed by atoms with E-state index in [0.717, 1.165) is 27.8 Å². The van der Waals surface area contributed by atoms with Crippen LogP contribution in [0.5, 0.6) is 17.5 Å². The van der Waals surface area contributed by atoms with Crippen LogP contribution in [0.4, 0.5) is 0 Å². The maximum atomic E-state index is 6.23. The highest BCUT2D eigenvalue weighted by molar-refractivity contribution is 5.72. The predicted octanol–water partition coefficient (Wildman–Crippen LogP) is 7.47. The third kappa shape index (κ3) is 6.60. The molecule has 0 aliphatic carbocycles. The molecular formula is C34H27NO3. The molecule has 0 atom stereocenters. The molecule has 0 N–H and O–H groups in total. The first-order chi connectivity index (χ1) is 18.8. The van der Waals surface area contributed by atoms with Gasteiger partial charge in [0.25, 0.3) is 0 Å². The summed E-state index contributed by atoms with van der Waals surface area (Å²) in [5.41, 5.74) is 5.55. The summed E-state index contributed by atoms with van der Waals surface area (Å²) in [6.07, 6.45) is 5.79. The molecular weight excluding hydrogens is 470 g/mol. The molecule has 0 aliphatic rings. The number of rotatable bonds is 10. The van der Waals surface area contributed by atoms with E-state index in [9.17, 15) is 0 Å². The van der Waals surface area contributed by atoms with Gasteiger partial charge in [-0.15, -0.1) is 6.42 Å². The molecule has 4 aromatic carbocycles. The van der Waals surface area contributed by atoms with E-state index < -0.39 is 0 Å². The van der Waals surface area contributed by atoms with Gasteiger partial charge in [-0.25, -0.2) is 0 Å². The highest BCUT2D eigenvalue weighted by atomic mass is 16.5. The Morgan fingerprint density at radius 2 is 1.13 bits per heavy atom. The fourth-order valence-corrected chi connectivity index (χ4v) is 3.95. The van der Waals surface area contributed by atoms with Crippen LogP contribution in [0.15, 0.2) is 121 Å². The molecule has 0 spiro atoms.